The Labute approximate surface area is 450 Å². The second-order valence-corrected chi connectivity index (χ2v) is 24.4. The van der Waals surface area contributed by atoms with E-state index in [1.165, 1.54) is 16.2 Å². The number of aliphatic hydroxyl groups is 2. The van der Waals surface area contributed by atoms with E-state index in [-0.39, 0.29) is 60.9 Å². The zero-order valence-corrected chi connectivity index (χ0v) is 46.0. The van der Waals surface area contributed by atoms with Gasteiger partial charge in [0.2, 0.25) is 17.7 Å². The van der Waals surface area contributed by atoms with Gasteiger partial charge in [-0.05, 0) is 73.0 Å². The molecule has 4 fully saturated rings. The maximum absolute atomic E-state index is 14.3. The molecule has 402 valence electrons. The van der Waals surface area contributed by atoms with Gasteiger partial charge < -0.3 is 45.6 Å². The SMILES string of the molecule is Cc1ncsc1-c1ccc([C@H](CO)NC(=O)C2C[C@@H](O)CN2C(=O)[C@@H](NC(=O)CN2CCN(CCC3CCN(c4ccc(C(=O)NC5C(C)(C)C(Oc6ccc(C#N)c(Cl)c6)C5(C)C)cn4)C3)CC2)C(C)(C)C)cc1. The summed E-state index contributed by atoms with van der Waals surface area (Å²) in [5, 5.41) is 39.8. The van der Waals surface area contributed by atoms with Gasteiger partial charge in [0.25, 0.3) is 5.91 Å². The minimum Gasteiger partial charge on any atom is -0.489 e. The highest BCUT2D eigenvalue weighted by atomic mass is 35.5. The summed E-state index contributed by atoms with van der Waals surface area (Å²) < 4.78 is 6.39. The monoisotopic (exact) mass is 1060 g/mol. The number of anilines is 1. The first-order valence-electron chi connectivity index (χ1n) is 26.1. The van der Waals surface area contributed by atoms with Crippen molar-refractivity contribution >= 4 is 52.4 Å². The summed E-state index contributed by atoms with van der Waals surface area (Å²) in [6.07, 6.45) is 2.66. The number of piperazine rings is 1. The van der Waals surface area contributed by atoms with Crippen LogP contribution in [0.1, 0.15) is 101 Å². The van der Waals surface area contributed by atoms with Gasteiger partial charge in [0.15, 0.2) is 0 Å². The molecule has 0 bridgehead atoms. The fourth-order valence-corrected chi connectivity index (χ4v) is 12.8. The van der Waals surface area contributed by atoms with Crippen LogP contribution in [0.2, 0.25) is 5.02 Å². The van der Waals surface area contributed by atoms with Crippen molar-refractivity contribution in [3.05, 3.63) is 93.7 Å². The second kappa shape index (κ2) is 22.9. The molecule has 0 spiro atoms. The van der Waals surface area contributed by atoms with Gasteiger partial charge in [-0.15, -0.1) is 11.3 Å². The van der Waals surface area contributed by atoms with Crippen molar-refractivity contribution in [3.8, 4) is 22.3 Å². The van der Waals surface area contributed by atoms with Crippen LogP contribution in [-0.2, 0) is 14.4 Å². The van der Waals surface area contributed by atoms with Gasteiger partial charge in [0.05, 0.1) is 57.5 Å². The number of halogens is 1. The van der Waals surface area contributed by atoms with Gasteiger partial charge in [-0.2, -0.15) is 5.26 Å². The third-order valence-electron chi connectivity index (χ3n) is 15.8. The molecule has 4 amide bonds. The molecule has 3 saturated heterocycles. The van der Waals surface area contributed by atoms with Crippen LogP contribution in [0.4, 0.5) is 5.82 Å². The van der Waals surface area contributed by atoms with Gasteiger partial charge in [0, 0.05) is 81.4 Å². The van der Waals surface area contributed by atoms with Crippen LogP contribution in [-0.4, -0.2) is 154 Å². The van der Waals surface area contributed by atoms with Gasteiger partial charge in [0.1, 0.15) is 35.8 Å². The second-order valence-electron chi connectivity index (χ2n) is 23.1. The first kappa shape index (κ1) is 55.5. The van der Waals surface area contributed by atoms with E-state index in [0.29, 0.717) is 46.5 Å². The van der Waals surface area contributed by atoms with Crippen LogP contribution in [0.25, 0.3) is 10.4 Å². The molecule has 17 nitrogen and oxygen atoms in total. The smallest absolute Gasteiger partial charge is 0.253 e. The van der Waals surface area contributed by atoms with Gasteiger partial charge in [-0.3, -0.25) is 24.1 Å². The lowest BCUT2D eigenvalue weighted by Crippen LogP contribution is -2.74. The lowest BCUT2D eigenvalue weighted by Gasteiger charge is -2.63. The van der Waals surface area contributed by atoms with Crippen LogP contribution >= 0.6 is 22.9 Å². The molecule has 2 unspecified atom stereocenters. The average Bonchev–Trinajstić information content (AvgIpc) is 4.18. The number of likely N-dealkylation sites (tertiary alicyclic amines) is 1. The molecule has 1 aliphatic carbocycles. The number of hydrogen-bond donors (Lipinski definition) is 5. The van der Waals surface area contributed by atoms with E-state index in [0.717, 1.165) is 67.5 Å². The molecule has 8 rings (SSSR count). The Morgan fingerprint density at radius 2 is 1.65 bits per heavy atom. The highest BCUT2D eigenvalue weighted by Gasteiger charge is 2.64. The minimum atomic E-state index is -0.980. The van der Waals surface area contributed by atoms with Crippen molar-refractivity contribution in [1.82, 2.24) is 40.6 Å². The topological polar surface area (TPSA) is 217 Å². The quantitative estimate of drug-likeness (QED) is 0.0843. The van der Waals surface area contributed by atoms with Crippen LogP contribution < -0.4 is 25.6 Å². The molecule has 4 aromatic rings. The molecule has 5 heterocycles. The van der Waals surface area contributed by atoms with E-state index in [9.17, 15) is 34.7 Å². The molecule has 3 aliphatic heterocycles. The number of nitriles is 1. The Hall–Kier alpha value is -5.68. The molecular weight excluding hydrogens is 992 g/mol. The molecule has 19 heteroatoms. The number of carbonyl (C=O) groups is 4. The molecule has 0 radical (unpaired) electrons. The number of carbonyl (C=O) groups excluding carboxylic acids is 4. The Kier molecular flexibility index (Phi) is 16.9. The number of nitrogens with one attached hydrogen (secondary N) is 3. The number of hydrogen-bond acceptors (Lipinski definition) is 14. The number of amides is 4. The Bertz CT molecular complexity index is 2720. The average molecular weight is 1070 g/mol. The van der Waals surface area contributed by atoms with Crippen LogP contribution in [0.5, 0.6) is 5.75 Å². The van der Waals surface area contributed by atoms with Gasteiger partial charge in [-0.1, -0.05) is 84.3 Å². The van der Waals surface area contributed by atoms with Crippen molar-refractivity contribution in [2.24, 2.45) is 22.2 Å². The van der Waals surface area contributed by atoms with Crippen molar-refractivity contribution < 1.29 is 34.1 Å². The van der Waals surface area contributed by atoms with Crippen molar-refractivity contribution in [2.45, 2.75) is 111 Å². The number of rotatable bonds is 17. The predicted molar refractivity (Wildman–Crippen MR) is 289 cm³/mol. The van der Waals surface area contributed by atoms with E-state index in [1.807, 2.05) is 64.1 Å². The normalized spacial score (nSPS) is 23.4. The fraction of sp³-hybridized carbons (Fsp3) is 0.554. The lowest BCUT2D eigenvalue weighted by molar-refractivity contribution is -0.164. The standard InChI is InChI=1S/C56H73ClN10O7S/c1-34-47(75-33-60-34)37-11-9-36(10-12-37)43(32-68)61-50(72)44-25-40(69)30-67(44)51(73)48(54(2,3)4)62-46(70)31-65-23-21-64(22-24-65)19-17-35-18-20-66(29-35)45-16-14-39(28-59-45)49(71)63-52-55(5,6)53(56(52,7)8)74-41-15-13-38(27-58)42(57)26-41/h9-16,26,28,33,35,40,43-44,48,52-53,68-69H,17-25,29-32H2,1-8H3,(H,61,72)(H,62,70)(H,63,71)/t35?,40-,43+,44?,48-,52?,53?/m1/s1. The number of β-amino-alcohol motifs (C(OH)–C–C–N with tert-alkyl or cyclic N) is 1. The summed E-state index contributed by atoms with van der Waals surface area (Å²) in [4.78, 5) is 73.6. The third kappa shape index (κ3) is 12.5. The number of aromatic nitrogens is 2. The van der Waals surface area contributed by atoms with E-state index >= 15 is 0 Å². The lowest BCUT2D eigenvalue weighted by atomic mass is 9.49. The number of nitrogens with zero attached hydrogens (tertiary/aromatic N) is 7. The highest BCUT2D eigenvalue weighted by molar-refractivity contribution is 7.13. The number of thiazole rings is 1. The third-order valence-corrected chi connectivity index (χ3v) is 17.1. The van der Waals surface area contributed by atoms with E-state index in [1.54, 1.807) is 29.9 Å². The molecule has 2 aromatic carbocycles. The number of pyridine rings is 1. The Morgan fingerprint density at radius 1 is 0.947 bits per heavy atom. The minimum absolute atomic E-state index is 0.0407. The maximum atomic E-state index is 14.3. The van der Waals surface area contributed by atoms with Crippen LogP contribution in [0.15, 0.2) is 66.3 Å². The molecule has 75 heavy (non-hydrogen) atoms. The molecule has 5 N–H and O–H groups in total. The Balaban J connectivity index is 0.761. The predicted octanol–water partition coefficient (Wildman–Crippen LogP) is 5.83. The van der Waals surface area contributed by atoms with Gasteiger partial charge >= 0.3 is 0 Å². The summed E-state index contributed by atoms with van der Waals surface area (Å²) in [6, 6.07) is 15.6. The zero-order valence-electron chi connectivity index (χ0n) is 44.4. The summed E-state index contributed by atoms with van der Waals surface area (Å²) >= 11 is 7.81. The van der Waals surface area contributed by atoms with E-state index in [4.69, 9.17) is 21.3 Å². The maximum Gasteiger partial charge on any atom is 0.253 e. The molecule has 4 aliphatic rings. The molecular formula is C56H73ClN10O7S. The molecule has 2 aromatic heterocycles. The Morgan fingerprint density at radius 3 is 2.27 bits per heavy atom. The summed E-state index contributed by atoms with van der Waals surface area (Å²) in [5.74, 6) is 0.556. The first-order valence-corrected chi connectivity index (χ1v) is 27.4. The zero-order chi connectivity index (χ0) is 54.0. The molecule has 5 atom stereocenters. The van der Waals surface area contributed by atoms with Crippen molar-refractivity contribution in [3.63, 3.8) is 0 Å². The van der Waals surface area contributed by atoms with Crippen LogP contribution in [0.3, 0.4) is 0 Å². The largest absolute Gasteiger partial charge is 0.489 e. The number of ether oxygens (including phenoxy) is 1. The van der Waals surface area contributed by atoms with Crippen molar-refractivity contribution in [1.29, 1.82) is 5.26 Å². The van der Waals surface area contributed by atoms with E-state index < -0.39 is 41.5 Å². The van der Waals surface area contributed by atoms with Crippen molar-refractivity contribution in [2.75, 3.05) is 70.4 Å². The number of benzene rings is 2. The summed E-state index contributed by atoms with van der Waals surface area (Å²) in [7, 11) is 0. The number of aliphatic hydroxyl groups excluding tert-OH is 2. The molecule has 1 saturated carbocycles. The van der Waals surface area contributed by atoms with E-state index in [2.05, 4.69) is 69.4 Å². The first-order chi connectivity index (χ1) is 35.6. The summed E-state index contributed by atoms with van der Waals surface area (Å²) in [5.41, 5.74) is 3.82. The number of aryl methyl sites for hydroxylation is 1. The van der Waals surface area contributed by atoms with Crippen LogP contribution in [0, 0.1) is 40.4 Å². The van der Waals surface area contributed by atoms with Gasteiger partial charge in [-0.25, -0.2) is 9.97 Å². The summed E-state index contributed by atoms with van der Waals surface area (Å²) in [6.45, 7) is 21.4. The fourth-order valence-electron chi connectivity index (χ4n) is 11.8. The highest BCUT2D eigenvalue weighted by Crippen LogP contribution is 2.55.